The zero-order valence-electron chi connectivity index (χ0n) is 14.9. The average molecular weight is 411 g/mol. The normalized spacial score (nSPS) is 14.4. The molecule has 28 heavy (non-hydrogen) atoms. The maximum Gasteiger partial charge on any atom is 0.339 e. The van der Waals surface area contributed by atoms with Crippen molar-refractivity contribution >= 4 is 41.2 Å². The average Bonchev–Trinajstić information content (AvgIpc) is 3.28. The largest absolute Gasteiger partial charge is 0.462 e. The SMILES string of the molecule is CCOC(=O)c1cc(-c2ccc(/C=C3\Sc4ccccc4C3=O)o2)ccc1Cl. The van der Waals surface area contributed by atoms with Crippen molar-refractivity contribution in [3.63, 3.8) is 0 Å². The molecule has 4 rings (SSSR count). The highest BCUT2D eigenvalue weighted by molar-refractivity contribution is 8.04. The van der Waals surface area contributed by atoms with Crippen LogP contribution >= 0.6 is 23.4 Å². The predicted molar refractivity (Wildman–Crippen MR) is 110 cm³/mol. The van der Waals surface area contributed by atoms with E-state index in [1.807, 2.05) is 24.3 Å². The highest BCUT2D eigenvalue weighted by Gasteiger charge is 2.25. The second-order valence-electron chi connectivity index (χ2n) is 6.05. The van der Waals surface area contributed by atoms with Gasteiger partial charge in [0.2, 0.25) is 5.78 Å². The van der Waals surface area contributed by atoms with Gasteiger partial charge in [-0.1, -0.05) is 35.5 Å². The lowest BCUT2D eigenvalue weighted by Crippen LogP contribution is -2.05. The van der Waals surface area contributed by atoms with Crippen LogP contribution in [0.3, 0.4) is 0 Å². The molecule has 1 aliphatic rings. The number of furan rings is 1. The van der Waals surface area contributed by atoms with E-state index in [2.05, 4.69) is 0 Å². The lowest BCUT2D eigenvalue weighted by Gasteiger charge is -2.06. The van der Waals surface area contributed by atoms with Gasteiger partial charge < -0.3 is 9.15 Å². The first-order chi connectivity index (χ1) is 13.6. The van der Waals surface area contributed by atoms with Crippen molar-refractivity contribution in [2.75, 3.05) is 6.61 Å². The molecule has 0 spiro atoms. The van der Waals surface area contributed by atoms with Gasteiger partial charge in [-0.05, 0) is 55.5 Å². The third-order valence-corrected chi connectivity index (χ3v) is 5.65. The molecule has 2 aromatic carbocycles. The summed E-state index contributed by atoms with van der Waals surface area (Å²) in [7, 11) is 0. The van der Waals surface area contributed by atoms with E-state index in [1.54, 1.807) is 43.3 Å². The van der Waals surface area contributed by atoms with Crippen molar-refractivity contribution in [2.45, 2.75) is 11.8 Å². The Bertz CT molecular complexity index is 1110. The van der Waals surface area contributed by atoms with E-state index in [-0.39, 0.29) is 18.0 Å². The van der Waals surface area contributed by atoms with E-state index >= 15 is 0 Å². The number of ether oxygens (including phenoxy) is 1. The Labute approximate surface area is 171 Å². The molecule has 140 valence electrons. The molecule has 1 aromatic heterocycles. The number of fused-ring (bicyclic) bond motifs is 1. The van der Waals surface area contributed by atoms with Crippen molar-refractivity contribution in [1.29, 1.82) is 0 Å². The number of Topliss-reactive ketones (excluding diaryl/α,β-unsaturated/α-hetero) is 1. The van der Waals surface area contributed by atoms with E-state index in [0.29, 0.717) is 32.6 Å². The predicted octanol–water partition coefficient (Wildman–Crippen LogP) is 6.11. The van der Waals surface area contributed by atoms with Gasteiger partial charge >= 0.3 is 5.97 Å². The van der Waals surface area contributed by atoms with Gasteiger partial charge in [-0.3, -0.25) is 4.79 Å². The molecule has 3 aromatic rings. The maximum atomic E-state index is 12.5. The standard InChI is InChI=1S/C22H15ClO4S/c1-2-26-22(25)16-11-13(7-9-17(16)23)18-10-8-14(27-18)12-20-21(24)15-5-3-4-6-19(15)28-20/h3-12H,2H2,1H3/b20-12-. The quantitative estimate of drug-likeness (QED) is 0.384. The molecule has 6 heteroatoms. The van der Waals surface area contributed by atoms with Crippen LogP contribution in [0, 0.1) is 0 Å². The van der Waals surface area contributed by atoms with Crippen LogP contribution < -0.4 is 0 Å². The third kappa shape index (κ3) is 3.51. The van der Waals surface area contributed by atoms with Crippen LogP contribution in [0.5, 0.6) is 0 Å². The zero-order valence-corrected chi connectivity index (χ0v) is 16.5. The van der Waals surface area contributed by atoms with E-state index in [1.165, 1.54) is 11.8 Å². The summed E-state index contributed by atoms with van der Waals surface area (Å²) < 4.78 is 10.9. The molecular weight excluding hydrogens is 396 g/mol. The summed E-state index contributed by atoms with van der Waals surface area (Å²) in [5.74, 6) is 0.650. The molecular formula is C22H15ClO4S. The molecule has 0 aliphatic carbocycles. The fourth-order valence-corrected chi connectivity index (χ4v) is 4.12. The van der Waals surface area contributed by atoms with Crippen LogP contribution in [0.1, 0.15) is 33.4 Å². The van der Waals surface area contributed by atoms with Crippen molar-refractivity contribution in [2.24, 2.45) is 0 Å². The van der Waals surface area contributed by atoms with Crippen LogP contribution in [-0.2, 0) is 4.74 Å². The summed E-state index contributed by atoms with van der Waals surface area (Å²) >= 11 is 7.54. The smallest absolute Gasteiger partial charge is 0.339 e. The number of hydrogen-bond acceptors (Lipinski definition) is 5. The second-order valence-corrected chi connectivity index (χ2v) is 7.54. The lowest BCUT2D eigenvalue weighted by molar-refractivity contribution is 0.0526. The number of ketones is 1. The number of carbonyl (C=O) groups is 2. The van der Waals surface area contributed by atoms with E-state index in [9.17, 15) is 9.59 Å². The van der Waals surface area contributed by atoms with Crippen molar-refractivity contribution in [3.8, 4) is 11.3 Å². The molecule has 0 fully saturated rings. The number of hydrogen-bond donors (Lipinski definition) is 0. The first-order valence-corrected chi connectivity index (χ1v) is 9.86. The lowest BCUT2D eigenvalue weighted by atomic mass is 10.1. The van der Waals surface area contributed by atoms with Crippen LogP contribution in [0.15, 0.2) is 68.8 Å². The molecule has 0 saturated carbocycles. The van der Waals surface area contributed by atoms with E-state index < -0.39 is 5.97 Å². The van der Waals surface area contributed by atoms with Gasteiger partial charge in [-0.15, -0.1) is 0 Å². The highest BCUT2D eigenvalue weighted by Crippen LogP contribution is 2.41. The Kier molecular flexibility index (Phi) is 5.11. The van der Waals surface area contributed by atoms with Crippen molar-refractivity contribution in [1.82, 2.24) is 0 Å². The van der Waals surface area contributed by atoms with Gasteiger partial charge in [-0.25, -0.2) is 4.79 Å². The molecule has 0 unspecified atom stereocenters. The first-order valence-electron chi connectivity index (χ1n) is 8.67. The Morgan fingerprint density at radius 3 is 2.79 bits per heavy atom. The maximum absolute atomic E-state index is 12.5. The Balaban J connectivity index is 1.62. The summed E-state index contributed by atoms with van der Waals surface area (Å²) in [6.45, 7) is 2.01. The minimum absolute atomic E-state index is 0.00496. The number of carbonyl (C=O) groups excluding carboxylic acids is 2. The van der Waals surface area contributed by atoms with Gasteiger partial charge in [0, 0.05) is 16.0 Å². The number of benzene rings is 2. The second kappa shape index (κ2) is 7.70. The molecule has 4 nitrogen and oxygen atoms in total. The Hall–Kier alpha value is -2.76. The van der Waals surface area contributed by atoms with E-state index in [4.69, 9.17) is 20.8 Å². The van der Waals surface area contributed by atoms with Crippen LogP contribution in [0.25, 0.3) is 17.4 Å². The van der Waals surface area contributed by atoms with Crippen LogP contribution in [-0.4, -0.2) is 18.4 Å². The van der Waals surface area contributed by atoms with Crippen LogP contribution in [0.4, 0.5) is 0 Å². The number of thioether (sulfide) groups is 1. The van der Waals surface area contributed by atoms with E-state index in [0.717, 1.165) is 4.90 Å². The first kappa shape index (κ1) is 18.6. The number of esters is 1. The number of rotatable bonds is 4. The van der Waals surface area contributed by atoms with Crippen LogP contribution in [0.2, 0.25) is 5.02 Å². The topological polar surface area (TPSA) is 56.5 Å². The summed E-state index contributed by atoms with van der Waals surface area (Å²) in [5, 5.41) is 0.321. The summed E-state index contributed by atoms with van der Waals surface area (Å²) in [5.41, 5.74) is 1.70. The van der Waals surface area contributed by atoms with Gasteiger partial charge in [0.1, 0.15) is 11.5 Å². The van der Waals surface area contributed by atoms with Crippen molar-refractivity contribution in [3.05, 3.63) is 81.4 Å². The minimum Gasteiger partial charge on any atom is -0.462 e. The highest BCUT2D eigenvalue weighted by atomic mass is 35.5. The molecule has 2 heterocycles. The fourth-order valence-electron chi connectivity index (χ4n) is 2.89. The number of allylic oxidation sites excluding steroid dienone is 1. The fraction of sp³-hybridized carbons (Fsp3) is 0.0909. The summed E-state index contributed by atoms with van der Waals surface area (Å²) in [4.78, 5) is 26.1. The summed E-state index contributed by atoms with van der Waals surface area (Å²) in [6, 6.07) is 16.1. The summed E-state index contributed by atoms with van der Waals surface area (Å²) in [6.07, 6.45) is 1.73. The Morgan fingerprint density at radius 2 is 2.00 bits per heavy atom. The minimum atomic E-state index is -0.478. The third-order valence-electron chi connectivity index (χ3n) is 4.22. The molecule has 0 N–H and O–H groups in total. The molecule has 0 bridgehead atoms. The van der Waals surface area contributed by atoms with Gasteiger partial charge in [-0.2, -0.15) is 0 Å². The zero-order chi connectivity index (χ0) is 19.7. The molecule has 0 saturated heterocycles. The Morgan fingerprint density at radius 1 is 1.18 bits per heavy atom. The molecule has 0 atom stereocenters. The van der Waals surface area contributed by atoms with Gasteiger partial charge in [0.15, 0.2) is 0 Å². The molecule has 1 aliphatic heterocycles. The number of halogens is 1. The molecule has 0 radical (unpaired) electrons. The molecule has 0 amide bonds. The monoisotopic (exact) mass is 410 g/mol. The van der Waals surface area contributed by atoms with Crippen molar-refractivity contribution < 1.29 is 18.7 Å². The van der Waals surface area contributed by atoms with Gasteiger partial charge in [0.25, 0.3) is 0 Å². The van der Waals surface area contributed by atoms with Gasteiger partial charge in [0.05, 0.1) is 22.1 Å².